The topological polar surface area (TPSA) is 64.2 Å². The number of carbonyl (C=O) groups excluding carboxylic acids is 1. The molecule has 1 saturated heterocycles. The number of piperidine rings is 1. The number of hydrogen-bond donors (Lipinski definition) is 1. The molecule has 0 bridgehead atoms. The molecule has 0 aliphatic carbocycles. The number of benzene rings is 1. The average Bonchev–Trinajstić information content (AvgIpc) is 2.97. The van der Waals surface area contributed by atoms with Crippen molar-refractivity contribution in [2.75, 3.05) is 19.6 Å². The summed E-state index contributed by atoms with van der Waals surface area (Å²) in [6, 6.07) is 5.65. The highest BCUT2D eigenvalue weighted by Crippen LogP contribution is 2.23. The molecular weight excluding hydrogens is 288 g/mol. The first-order chi connectivity index (χ1) is 11.2. The summed E-state index contributed by atoms with van der Waals surface area (Å²) in [5, 5.41) is 0. The average molecular weight is 314 g/mol. The first-order valence-electron chi connectivity index (χ1n) is 8.65. The maximum atomic E-state index is 11.5. The summed E-state index contributed by atoms with van der Waals surface area (Å²) in [6.07, 6.45) is 6.88. The smallest absolute Gasteiger partial charge is 0.250 e. The highest BCUT2D eigenvalue weighted by Gasteiger charge is 2.20. The zero-order valence-electron chi connectivity index (χ0n) is 13.9. The van der Waals surface area contributed by atoms with E-state index in [-0.39, 0.29) is 0 Å². The van der Waals surface area contributed by atoms with Crippen LogP contribution in [0.3, 0.4) is 0 Å². The number of fused-ring (bicyclic) bond motifs is 1. The van der Waals surface area contributed by atoms with Crippen LogP contribution in [0.4, 0.5) is 0 Å². The van der Waals surface area contributed by atoms with Gasteiger partial charge in [-0.05, 0) is 56.9 Å². The summed E-state index contributed by atoms with van der Waals surface area (Å²) < 4.78 is 2.17. The van der Waals surface area contributed by atoms with Crippen LogP contribution >= 0.6 is 0 Å². The molecule has 1 aliphatic rings. The van der Waals surface area contributed by atoms with Crippen molar-refractivity contribution >= 4 is 16.9 Å². The van der Waals surface area contributed by atoms with Gasteiger partial charge >= 0.3 is 0 Å². The summed E-state index contributed by atoms with van der Waals surface area (Å²) in [7, 11) is 0. The van der Waals surface area contributed by atoms with Gasteiger partial charge in [-0.25, -0.2) is 4.98 Å². The largest absolute Gasteiger partial charge is 0.366 e. The third kappa shape index (κ3) is 3.55. The second kappa shape index (κ2) is 7.13. The van der Waals surface area contributed by atoms with E-state index in [0.29, 0.717) is 11.5 Å². The highest BCUT2D eigenvalue weighted by atomic mass is 16.1. The van der Waals surface area contributed by atoms with Crippen molar-refractivity contribution in [2.45, 2.75) is 39.2 Å². The molecule has 5 heteroatoms. The Morgan fingerprint density at radius 1 is 1.35 bits per heavy atom. The number of primary amides is 1. The number of carbonyl (C=O) groups is 1. The molecule has 2 aromatic rings. The predicted molar refractivity (Wildman–Crippen MR) is 92.3 cm³/mol. The molecule has 0 atom stereocenters. The van der Waals surface area contributed by atoms with Gasteiger partial charge in [-0.3, -0.25) is 4.79 Å². The van der Waals surface area contributed by atoms with Crippen molar-refractivity contribution in [3.05, 3.63) is 30.1 Å². The van der Waals surface area contributed by atoms with Crippen LogP contribution in [0.15, 0.2) is 24.5 Å². The minimum absolute atomic E-state index is 0.412. The van der Waals surface area contributed by atoms with Gasteiger partial charge in [-0.15, -0.1) is 0 Å². The molecule has 1 fully saturated rings. The van der Waals surface area contributed by atoms with Crippen molar-refractivity contribution < 1.29 is 4.79 Å². The van der Waals surface area contributed by atoms with Gasteiger partial charge in [0, 0.05) is 6.54 Å². The molecule has 2 heterocycles. The third-order valence-electron chi connectivity index (χ3n) is 4.91. The zero-order valence-corrected chi connectivity index (χ0v) is 13.9. The lowest BCUT2D eigenvalue weighted by Crippen LogP contribution is -2.35. The monoisotopic (exact) mass is 314 g/mol. The number of amides is 1. The number of hydrogen-bond acceptors (Lipinski definition) is 3. The minimum Gasteiger partial charge on any atom is -0.366 e. The summed E-state index contributed by atoms with van der Waals surface area (Å²) in [4.78, 5) is 18.5. The lowest BCUT2D eigenvalue weighted by molar-refractivity contribution is 0.100. The first-order valence-corrected chi connectivity index (χ1v) is 8.65. The zero-order chi connectivity index (χ0) is 16.2. The Balaban J connectivity index is 1.66. The normalized spacial score (nSPS) is 16.9. The fraction of sp³-hybridized carbons (Fsp3) is 0.556. The van der Waals surface area contributed by atoms with Gasteiger partial charge in [0.25, 0.3) is 5.91 Å². The summed E-state index contributed by atoms with van der Waals surface area (Å²) in [5.74, 6) is 0.271. The Hall–Kier alpha value is -1.88. The molecule has 1 amide bonds. The van der Waals surface area contributed by atoms with Crippen molar-refractivity contribution in [3.8, 4) is 0 Å². The number of para-hydroxylation sites is 1. The lowest BCUT2D eigenvalue weighted by Gasteiger charge is -2.32. The van der Waals surface area contributed by atoms with Crippen LogP contribution in [-0.4, -0.2) is 40.0 Å². The molecule has 0 unspecified atom stereocenters. The summed E-state index contributed by atoms with van der Waals surface area (Å²) in [5.41, 5.74) is 7.68. The molecule has 0 spiro atoms. The molecule has 0 saturated carbocycles. The van der Waals surface area contributed by atoms with E-state index in [1.54, 1.807) is 6.07 Å². The fourth-order valence-corrected chi connectivity index (χ4v) is 3.49. The van der Waals surface area contributed by atoms with Crippen LogP contribution in [0.25, 0.3) is 11.0 Å². The molecule has 23 heavy (non-hydrogen) atoms. The Morgan fingerprint density at radius 3 is 2.83 bits per heavy atom. The van der Waals surface area contributed by atoms with Gasteiger partial charge < -0.3 is 15.2 Å². The second-order valence-electron chi connectivity index (χ2n) is 6.57. The molecule has 1 aromatic heterocycles. The van der Waals surface area contributed by atoms with Crippen LogP contribution in [-0.2, 0) is 6.54 Å². The number of rotatable bonds is 6. The van der Waals surface area contributed by atoms with Crippen LogP contribution < -0.4 is 5.73 Å². The Kier molecular flexibility index (Phi) is 4.96. The second-order valence-corrected chi connectivity index (χ2v) is 6.57. The Bertz CT molecular complexity index is 671. The van der Waals surface area contributed by atoms with E-state index < -0.39 is 5.91 Å². The number of likely N-dealkylation sites (tertiary alicyclic amines) is 1. The standard InChI is InChI=1S/C18H26N4O/c1-2-3-9-21-10-7-14(8-11-21)12-22-13-20-17-15(18(19)23)5-4-6-16(17)22/h4-6,13-14H,2-3,7-12H2,1H3,(H2,19,23). The molecular formula is C18H26N4O. The SMILES string of the molecule is CCCCN1CCC(Cn2cnc3c(C(N)=O)cccc32)CC1. The lowest BCUT2D eigenvalue weighted by atomic mass is 9.96. The van der Waals surface area contributed by atoms with Crippen molar-refractivity contribution in [3.63, 3.8) is 0 Å². The number of imidazole rings is 1. The fourth-order valence-electron chi connectivity index (χ4n) is 3.49. The molecule has 3 rings (SSSR count). The van der Waals surface area contributed by atoms with E-state index in [1.807, 2.05) is 18.5 Å². The molecule has 124 valence electrons. The van der Waals surface area contributed by atoms with Crippen LogP contribution in [0, 0.1) is 5.92 Å². The van der Waals surface area contributed by atoms with Gasteiger partial charge in [0.1, 0.15) is 5.52 Å². The molecule has 2 N–H and O–H groups in total. The molecule has 1 aliphatic heterocycles. The number of aromatic nitrogens is 2. The predicted octanol–water partition coefficient (Wildman–Crippen LogP) is 2.65. The van der Waals surface area contributed by atoms with Gasteiger partial charge in [0.2, 0.25) is 0 Å². The van der Waals surface area contributed by atoms with Crippen molar-refractivity contribution in [2.24, 2.45) is 11.7 Å². The van der Waals surface area contributed by atoms with E-state index in [9.17, 15) is 4.79 Å². The van der Waals surface area contributed by atoms with E-state index in [2.05, 4.69) is 21.4 Å². The number of nitrogens with two attached hydrogens (primary N) is 1. The van der Waals surface area contributed by atoms with E-state index >= 15 is 0 Å². The molecule has 1 aromatic carbocycles. The van der Waals surface area contributed by atoms with Crippen LogP contribution in [0.1, 0.15) is 43.0 Å². The van der Waals surface area contributed by atoms with Crippen molar-refractivity contribution in [1.82, 2.24) is 14.5 Å². The number of unbranched alkanes of at least 4 members (excludes halogenated alkanes) is 1. The van der Waals surface area contributed by atoms with Crippen molar-refractivity contribution in [1.29, 1.82) is 0 Å². The molecule has 5 nitrogen and oxygen atoms in total. The maximum absolute atomic E-state index is 11.5. The van der Waals surface area contributed by atoms with E-state index in [0.717, 1.165) is 17.6 Å². The summed E-state index contributed by atoms with van der Waals surface area (Å²) in [6.45, 7) is 6.85. The van der Waals surface area contributed by atoms with Crippen LogP contribution in [0.5, 0.6) is 0 Å². The van der Waals surface area contributed by atoms with Gasteiger partial charge in [0.15, 0.2) is 0 Å². The number of nitrogens with zero attached hydrogens (tertiary/aromatic N) is 3. The van der Waals surface area contributed by atoms with Gasteiger partial charge in [-0.1, -0.05) is 19.4 Å². The third-order valence-corrected chi connectivity index (χ3v) is 4.91. The maximum Gasteiger partial charge on any atom is 0.250 e. The van der Waals surface area contributed by atoms with E-state index in [1.165, 1.54) is 45.3 Å². The first kappa shape index (κ1) is 16.0. The quantitative estimate of drug-likeness (QED) is 0.891. The van der Waals surface area contributed by atoms with Crippen LogP contribution in [0.2, 0.25) is 0 Å². The van der Waals surface area contributed by atoms with Gasteiger partial charge in [0.05, 0.1) is 17.4 Å². The Morgan fingerprint density at radius 2 is 2.13 bits per heavy atom. The highest BCUT2D eigenvalue weighted by molar-refractivity contribution is 6.04. The minimum atomic E-state index is -0.412. The Labute approximate surface area is 137 Å². The molecule has 0 radical (unpaired) electrons. The van der Waals surface area contributed by atoms with Gasteiger partial charge in [-0.2, -0.15) is 0 Å². The van der Waals surface area contributed by atoms with E-state index in [4.69, 9.17) is 5.73 Å². The summed E-state index contributed by atoms with van der Waals surface area (Å²) >= 11 is 0.